The van der Waals surface area contributed by atoms with Gasteiger partial charge in [-0.3, -0.25) is 15.1 Å². The number of nitro groups is 1. The molecule has 0 saturated heterocycles. The van der Waals surface area contributed by atoms with Crippen LogP contribution in [-0.2, 0) is 6.54 Å². The topological polar surface area (TPSA) is 73.0 Å². The fraction of sp³-hybridized carbons (Fsp3) is 0.286. The van der Waals surface area contributed by atoms with Crippen molar-refractivity contribution in [2.45, 2.75) is 27.3 Å². The van der Waals surface area contributed by atoms with Gasteiger partial charge in [0.2, 0.25) is 0 Å². The number of fused-ring (bicyclic) bond motifs is 1. The fourth-order valence-corrected chi connectivity index (χ4v) is 3.56. The molecular formula is C21H23FN4O2. The van der Waals surface area contributed by atoms with Crippen LogP contribution < -0.4 is 5.32 Å². The van der Waals surface area contributed by atoms with Crippen molar-refractivity contribution >= 4 is 16.6 Å². The highest BCUT2D eigenvalue weighted by Gasteiger charge is 2.20. The summed E-state index contributed by atoms with van der Waals surface area (Å²) in [5, 5.41) is 14.9. The van der Waals surface area contributed by atoms with Gasteiger partial charge in [0.15, 0.2) is 0 Å². The maximum Gasteiger partial charge on any atom is 0.270 e. The summed E-state index contributed by atoms with van der Waals surface area (Å²) in [6.07, 6.45) is 1.50. The van der Waals surface area contributed by atoms with Gasteiger partial charge in [-0.1, -0.05) is 0 Å². The molecule has 2 heterocycles. The average Bonchev–Trinajstić information content (AvgIpc) is 2.90. The van der Waals surface area contributed by atoms with Crippen molar-refractivity contribution < 1.29 is 9.31 Å². The number of likely N-dealkylation sites (N-methyl/N-ethyl adjacent to an activating group) is 1. The Morgan fingerprint density at radius 3 is 2.54 bits per heavy atom. The van der Waals surface area contributed by atoms with E-state index in [1.54, 1.807) is 19.2 Å². The molecule has 0 unspecified atom stereocenters. The molecule has 0 fully saturated rings. The van der Waals surface area contributed by atoms with Gasteiger partial charge in [-0.05, 0) is 57.7 Å². The third kappa shape index (κ3) is 3.80. The fourth-order valence-electron chi connectivity index (χ4n) is 3.56. The molecule has 0 aliphatic rings. The summed E-state index contributed by atoms with van der Waals surface area (Å²) < 4.78 is 16.3. The van der Waals surface area contributed by atoms with Crippen molar-refractivity contribution in [1.29, 1.82) is 0 Å². The number of nitrogens with one attached hydrogen (secondary N) is 1. The summed E-state index contributed by atoms with van der Waals surface area (Å²) in [6, 6.07) is 8.61. The number of hydrogen-bond donors (Lipinski definition) is 1. The lowest BCUT2D eigenvalue weighted by Gasteiger charge is -2.08. The number of non-ortho nitro benzene ring substituents is 1. The van der Waals surface area contributed by atoms with E-state index in [2.05, 4.69) is 10.3 Å². The zero-order valence-electron chi connectivity index (χ0n) is 16.4. The molecule has 0 aliphatic heterocycles. The Labute approximate surface area is 162 Å². The summed E-state index contributed by atoms with van der Waals surface area (Å²) in [5.74, 6) is -0.263. The number of nitro benzene ring substituents is 1. The second kappa shape index (κ2) is 7.90. The van der Waals surface area contributed by atoms with E-state index in [0.29, 0.717) is 6.54 Å². The zero-order chi connectivity index (χ0) is 20.4. The van der Waals surface area contributed by atoms with Crippen LogP contribution in [0.15, 0.2) is 42.2 Å². The van der Waals surface area contributed by atoms with Crippen LogP contribution in [-0.4, -0.2) is 28.1 Å². The summed E-state index contributed by atoms with van der Waals surface area (Å²) in [7, 11) is 1.76. The molecule has 2 aromatic heterocycles. The number of allylic oxidation sites excluding steroid dienone is 1. The smallest absolute Gasteiger partial charge is 0.270 e. The van der Waals surface area contributed by atoms with Gasteiger partial charge in [-0.25, -0.2) is 4.39 Å². The van der Waals surface area contributed by atoms with Gasteiger partial charge in [-0.2, -0.15) is 0 Å². The van der Waals surface area contributed by atoms with E-state index in [4.69, 9.17) is 0 Å². The SMILES string of the molecule is CNC/C=C(\F)Cn1c(C)c(-c2cc(C)nc(C)c2)c2cc([N+](=O)[O-])ccc21. The third-order valence-electron chi connectivity index (χ3n) is 4.72. The highest BCUT2D eigenvalue weighted by Crippen LogP contribution is 2.37. The molecule has 1 aromatic carbocycles. The normalized spacial score (nSPS) is 12.0. The molecule has 1 N–H and O–H groups in total. The van der Waals surface area contributed by atoms with E-state index in [9.17, 15) is 14.5 Å². The molecule has 3 rings (SSSR count). The van der Waals surface area contributed by atoms with E-state index < -0.39 is 4.92 Å². The molecule has 0 aliphatic carbocycles. The number of pyridine rings is 1. The number of aromatic nitrogens is 2. The molecule has 146 valence electrons. The van der Waals surface area contributed by atoms with Crippen molar-refractivity contribution in [3.8, 4) is 11.1 Å². The van der Waals surface area contributed by atoms with Gasteiger partial charge in [0.25, 0.3) is 5.69 Å². The molecule has 0 radical (unpaired) electrons. The molecule has 6 nitrogen and oxygen atoms in total. The quantitative estimate of drug-likeness (QED) is 0.499. The Kier molecular flexibility index (Phi) is 5.56. The van der Waals surface area contributed by atoms with E-state index in [-0.39, 0.29) is 18.1 Å². The predicted molar refractivity (Wildman–Crippen MR) is 109 cm³/mol. The maximum absolute atomic E-state index is 14.4. The highest BCUT2D eigenvalue weighted by atomic mass is 19.1. The summed E-state index contributed by atoms with van der Waals surface area (Å²) in [6.45, 7) is 6.24. The highest BCUT2D eigenvalue weighted by molar-refractivity contribution is 5.99. The summed E-state index contributed by atoms with van der Waals surface area (Å²) in [5.41, 5.74) is 5.15. The zero-order valence-corrected chi connectivity index (χ0v) is 16.4. The Hall–Kier alpha value is -3.06. The second-order valence-corrected chi connectivity index (χ2v) is 6.85. The van der Waals surface area contributed by atoms with Gasteiger partial charge in [0.1, 0.15) is 5.83 Å². The molecule has 0 atom stereocenters. The first kappa shape index (κ1) is 19.7. The lowest BCUT2D eigenvalue weighted by Crippen LogP contribution is -2.07. The molecule has 0 saturated carbocycles. The van der Waals surface area contributed by atoms with Gasteiger partial charge >= 0.3 is 0 Å². The van der Waals surface area contributed by atoms with E-state index >= 15 is 0 Å². The molecule has 0 spiro atoms. The number of aryl methyl sites for hydroxylation is 2. The van der Waals surface area contributed by atoms with Crippen molar-refractivity contribution in [2.24, 2.45) is 0 Å². The minimum absolute atomic E-state index is 0.0135. The minimum Gasteiger partial charge on any atom is -0.337 e. The second-order valence-electron chi connectivity index (χ2n) is 6.85. The van der Waals surface area contributed by atoms with Crippen LogP contribution in [0.25, 0.3) is 22.0 Å². The molecular weight excluding hydrogens is 359 g/mol. The Morgan fingerprint density at radius 2 is 1.93 bits per heavy atom. The summed E-state index contributed by atoms with van der Waals surface area (Å²) >= 11 is 0. The van der Waals surface area contributed by atoms with Crippen LogP contribution in [0, 0.1) is 30.9 Å². The van der Waals surface area contributed by atoms with Gasteiger partial charge < -0.3 is 9.88 Å². The number of halogens is 1. The monoisotopic (exact) mass is 382 g/mol. The van der Waals surface area contributed by atoms with Crippen LogP contribution in [0.4, 0.5) is 10.1 Å². The van der Waals surface area contributed by atoms with Crippen molar-refractivity contribution in [1.82, 2.24) is 14.9 Å². The largest absolute Gasteiger partial charge is 0.337 e. The number of rotatable bonds is 6. The molecule has 0 amide bonds. The van der Waals surface area contributed by atoms with Crippen LogP contribution in [0.5, 0.6) is 0 Å². The third-order valence-corrected chi connectivity index (χ3v) is 4.72. The van der Waals surface area contributed by atoms with Gasteiger partial charge in [-0.15, -0.1) is 0 Å². The number of nitrogens with zero attached hydrogens (tertiary/aromatic N) is 3. The number of hydrogen-bond acceptors (Lipinski definition) is 4. The van der Waals surface area contributed by atoms with E-state index in [1.165, 1.54) is 12.1 Å². The van der Waals surface area contributed by atoms with Crippen LogP contribution in [0.1, 0.15) is 17.1 Å². The van der Waals surface area contributed by atoms with Crippen LogP contribution >= 0.6 is 0 Å². The maximum atomic E-state index is 14.4. The van der Waals surface area contributed by atoms with Crippen molar-refractivity contribution in [2.75, 3.05) is 13.6 Å². The van der Waals surface area contributed by atoms with Gasteiger partial charge in [0.05, 0.1) is 11.5 Å². The van der Waals surface area contributed by atoms with Crippen LogP contribution in [0.2, 0.25) is 0 Å². The number of benzene rings is 1. The van der Waals surface area contributed by atoms with E-state index in [1.807, 2.05) is 37.5 Å². The Bertz CT molecular complexity index is 1070. The molecule has 3 aromatic rings. The van der Waals surface area contributed by atoms with Crippen LogP contribution in [0.3, 0.4) is 0 Å². The van der Waals surface area contributed by atoms with Crippen molar-refractivity contribution in [3.05, 3.63) is 69.4 Å². The Balaban J connectivity index is 2.27. The standard InChI is InChI=1S/C21H23FN4O2/c1-13-9-16(10-14(2)24-13)21-15(3)25(12-17(22)7-8-23-4)20-6-5-18(26(27)28)11-19(20)21/h5-7,9-11,23H,8,12H2,1-4H3/b17-7-. The van der Waals surface area contributed by atoms with Gasteiger partial charge in [0, 0.05) is 52.2 Å². The van der Waals surface area contributed by atoms with Crippen molar-refractivity contribution in [3.63, 3.8) is 0 Å². The average molecular weight is 382 g/mol. The minimum atomic E-state index is -0.410. The first-order valence-electron chi connectivity index (χ1n) is 9.04. The lowest BCUT2D eigenvalue weighted by atomic mass is 10.0. The van der Waals surface area contributed by atoms with E-state index in [0.717, 1.165) is 39.1 Å². The molecule has 7 heteroatoms. The lowest BCUT2D eigenvalue weighted by molar-refractivity contribution is -0.384. The Morgan fingerprint density at radius 1 is 1.25 bits per heavy atom. The predicted octanol–water partition coefficient (Wildman–Crippen LogP) is 4.61. The first-order valence-corrected chi connectivity index (χ1v) is 9.04. The molecule has 0 bridgehead atoms. The first-order chi connectivity index (χ1) is 13.3. The molecule has 28 heavy (non-hydrogen) atoms. The summed E-state index contributed by atoms with van der Waals surface area (Å²) in [4.78, 5) is 15.3.